The van der Waals surface area contributed by atoms with Crippen molar-refractivity contribution in [3.63, 3.8) is 0 Å². The van der Waals surface area contributed by atoms with Gasteiger partial charge in [-0.25, -0.2) is 8.42 Å². The van der Waals surface area contributed by atoms with Gasteiger partial charge in [-0.15, -0.1) is 0 Å². The monoisotopic (exact) mass is 444 g/mol. The molecule has 1 aliphatic rings. The summed E-state index contributed by atoms with van der Waals surface area (Å²) in [5.74, 6) is 0. The summed E-state index contributed by atoms with van der Waals surface area (Å²) >= 11 is 3.51. The lowest BCUT2D eigenvalue weighted by molar-refractivity contribution is 0.559. The Morgan fingerprint density at radius 2 is 1.89 bits per heavy atom. The maximum atomic E-state index is 13.6. The summed E-state index contributed by atoms with van der Waals surface area (Å²) in [6, 6.07) is 16.0. The van der Waals surface area contributed by atoms with Crippen LogP contribution in [0.4, 0.5) is 5.69 Å². The highest BCUT2D eigenvalue weighted by Gasteiger charge is 2.35. The lowest BCUT2D eigenvalue weighted by Gasteiger charge is -2.36. The van der Waals surface area contributed by atoms with Crippen molar-refractivity contribution < 1.29 is 8.42 Å². The molecular formula is C21H21BrN2O2S. The second kappa shape index (κ2) is 8.28. The molecular weight excluding hydrogens is 424 g/mol. The lowest BCUT2D eigenvalue weighted by Crippen LogP contribution is -2.42. The van der Waals surface area contributed by atoms with Crippen LogP contribution in [0, 0.1) is 18.3 Å². The summed E-state index contributed by atoms with van der Waals surface area (Å²) in [5, 5.41) is 9.23. The molecule has 3 rings (SSSR count). The van der Waals surface area contributed by atoms with E-state index in [0.29, 0.717) is 16.6 Å². The minimum absolute atomic E-state index is 0.231. The zero-order valence-electron chi connectivity index (χ0n) is 15.1. The largest absolute Gasteiger partial charge is 0.264 e. The second-order valence-corrected chi connectivity index (χ2v) is 9.30. The Morgan fingerprint density at radius 3 is 2.56 bits per heavy atom. The maximum absolute atomic E-state index is 13.6. The van der Waals surface area contributed by atoms with E-state index >= 15 is 0 Å². The molecule has 140 valence electrons. The Labute approximate surface area is 169 Å². The van der Waals surface area contributed by atoms with Gasteiger partial charge >= 0.3 is 0 Å². The van der Waals surface area contributed by atoms with Crippen LogP contribution in [0.15, 0.2) is 69.5 Å². The highest BCUT2D eigenvalue weighted by molar-refractivity contribution is 9.10. The molecule has 1 aliphatic carbocycles. The van der Waals surface area contributed by atoms with E-state index in [2.05, 4.69) is 22.0 Å². The maximum Gasteiger partial charge on any atom is 0.264 e. The fourth-order valence-electron chi connectivity index (χ4n) is 3.39. The Balaban J connectivity index is 2.18. The molecule has 27 heavy (non-hydrogen) atoms. The summed E-state index contributed by atoms with van der Waals surface area (Å²) < 4.78 is 29.5. The summed E-state index contributed by atoms with van der Waals surface area (Å²) in [4.78, 5) is 0.255. The van der Waals surface area contributed by atoms with Crippen LogP contribution >= 0.6 is 15.9 Å². The van der Waals surface area contributed by atoms with E-state index in [1.165, 1.54) is 4.31 Å². The van der Waals surface area contributed by atoms with Crippen molar-refractivity contribution in [1.82, 2.24) is 0 Å². The number of nitrogens with zero attached hydrogens (tertiary/aromatic N) is 2. The zero-order chi connectivity index (χ0) is 19.4. The predicted octanol–water partition coefficient (Wildman–Crippen LogP) is 5.35. The summed E-state index contributed by atoms with van der Waals surface area (Å²) in [6.45, 7) is 1.93. The quantitative estimate of drug-likeness (QED) is 0.584. The van der Waals surface area contributed by atoms with Crippen molar-refractivity contribution in [1.29, 1.82) is 5.26 Å². The number of allylic oxidation sites excluding steroid dienone is 1. The molecule has 0 heterocycles. The third-order valence-corrected chi connectivity index (χ3v) is 7.26. The molecule has 0 radical (unpaired) electrons. The van der Waals surface area contributed by atoms with Gasteiger partial charge < -0.3 is 0 Å². The van der Waals surface area contributed by atoms with Crippen LogP contribution in [0.5, 0.6) is 0 Å². The lowest BCUT2D eigenvalue weighted by atomic mass is 9.92. The molecule has 0 saturated heterocycles. The standard InChI is InChI=1S/C21H21BrN2O2S/c1-16-10-12-18(13-11-16)27(25,26)24(21-9-5-3-7-19(21)22)20-8-4-2-6-17(20)14-15-23/h3,5-7,9-13,20H,2,4,8,14H2,1H3/t20-/m0/s1. The molecule has 0 N–H and O–H groups in total. The van der Waals surface area contributed by atoms with Gasteiger partial charge in [-0.3, -0.25) is 4.31 Å². The fourth-order valence-corrected chi connectivity index (χ4v) is 5.68. The van der Waals surface area contributed by atoms with Crippen molar-refractivity contribution in [2.45, 2.75) is 43.5 Å². The third kappa shape index (κ3) is 4.10. The number of nitriles is 1. The minimum atomic E-state index is -3.79. The Bertz CT molecular complexity index is 992. The molecule has 0 amide bonds. The van der Waals surface area contributed by atoms with E-state index in [4.69, 9.17) is 0 Å². The molecule has 0 fully saturated rings. The molecule has 0 spiro atoms. The summed E-state index contributed by atoms with van der Waals surface area (Å²) in [5.41, 5.74) is 2.47. The van der Waals surface area contributed by atoms with Crippen molar-refractivity contribution in [2.24, 2.45) is 0 Å². The average Bonchev–Trinajstić information content (AvgIpc) is 2.65. The Kier molecular flexibility index (Phi) is 6.03. The van der Waals surface area contributed by atoms with Gasteiger partial charge in [0.15, 0.2) is 0 Å². The number of rotatable bonds is 5. The first-order chi connectivity index (χ1) is 12.9. The number of aryl methyl sites for hydroxylation is 1. The first kappa shape index (κ1) is 19.7. The normalized spacial score (nSPS) is 17.1. The van der Waals surface area contributed by atoms with Crippen LogP contribution in [-0.2, 0) is 10.0 Å². The van der Waals surface area contributed by atoms with Crippen molar-refractivity contribution in [3.8, 4) is 6.07 Å². The van der Waals surface area contributed by atoms with Gasteiger partial charge in [-0.2, -0.15) is 5.26 Å². The SMILES string of the molecule is Cc1ccc(S(=O)(=O)N(c2ccccc2Br)[C@H]2CCCC=C2CC#N)cc1. The van der Waals surface area contributed by atoms with Crippen LogP contribution in [0.2, 0.25) is 0 Å². The molecule has 2 aromatic rings. The number of sulfonamides is 1. The first-order valence-electron chi connectivity index (χ1n) is 8.86. The highest BCUT2D eigenvalue weighted by Crippen LogP contribution is 2.37. The van der Waals surface area contributed by atoms with E-state index in [9.17, 15) is 13.7 Å². The number of anilines is 1. The topological polar surface area (TPSA) is 61.2 Å². The van der Waals surface area contributed by atoms with Crippen LogP contribution in [-0.4, -0.2) is 14.5 Å². The van der Waals surface area contributed by atoms with Crippen molar-refractivity contribution >= 4 is 31.6 Å². The first-order valence-corrected chi connectivity index (χ1v) is 11.1. The van der Waals surface area contributed by atoms with E-state index in [1.54, 1.807) is 30.3 Å². The average molecular weight is 445 g/mol. The molecule has 0 bridgehead atoms. The van der Waals surface area contributed by atoms with E-state index in [1.807, 2.05) is 31.2 Å². The number of halogens is 1. The summed E-state index contributed by atoms with van der Waals surface area (Å²) in [6.07, 6.45) is 4.72. The molecule has 6 heteroatoms. The van der Waals surface area contributed by atoms with Gasteiger partial charge in [0.2, 0.25) is 0 Å². The Hall–Kier alpha value is -2.10. The van der Waals surface area contributed by atoms with Crippen LogP contribution in [0.25, 0.3) is 0 Å². The highest BCUT2D eigenvalue weighted by atomic mass is 79.9. The molecule has 4 nitrogen and oxygen atoms in total. The van der Waals surface area contributed by atoms with Gasteiger partial charge in [0.05, 0.1) is 29.1 Å². The molecule has 2 aromatic carbocycles. The van der Waals surface area contributed by atoms with Gasteiger partial charge in [0.25, 0.3) is 10.0 Å². The van der Waals surface area contributed by atoms with Crippen molar-refractivity contribution in [2.75, 3.05) is 4.31 Å². The summed E-state index contributed by atoms with van der Waals surface area (Å²) in [7, 11) is -3.79. The third-order valence-electron chi connectivity index (χ3n) is 4.75. The van der Waals surface area contributed by atoms with Gasteiger partial charge in [-0.1, -0.05) is 35.9 Å². The molecule has 1 atom stereocenters. The van der Waals surface area contributed by atoms with Crippen LogP contribution in [0.3, 0.4) is 0 Å². The minimum Gasteiger partial charge on any atom is -0.258 e. The molecule has 0 unspecified atom stereocenters. The second-order valence-electron chi connectivity index (χ2n) is 6.63. The molecule has 0 saturated carbocycles. The van der Waals surface area contributed by atoms with Crippen LogP contribution < -0.4 is 4.31 Å². The Morgan fingerprint density at radius 1 is 1.19 bits per heavy atom. The van der Waals surface area contributed by atoms with Gasteiger partial charge in [0.1, 0.15) is 0 Å². The predicted molar refractivity (Wildman–Crippen MR) is 111 cm³/mol. The van der Waals surface area contributed by atoms with E-state index in [-0.39, 0.29) is 17.4 Å². The number of para-hydroxylation sites is 1. The van der Waals surface area contributed by atoms with Crippen molar-refractivity contribution in [3.05, 3.63) is 70.2 Å². The number of benzene rings is 2. The van der Waals surface area contributed by atoms with E-state index in [0.717, 1.165) is 24.0 Å². The van der Waals surface area contributed by atoms with Crippen LogP contribution in [0.1, 0.15) is 31.2 Å². The molecule has 0 aromatic heterocycles. The van der Waals surface area contributed by atoms with E-state index < -0.39 is 10.0 Å². The van der Waals surface area contributed by atoms with Gasteiger partial charge in [0, 0.05) is 4.47 Å². The smallest absolute Gasteiger partial charge is 0.258 e. The number of hydrogen-bond donors (Lipinski definition) is 0. The van der Waals surface area contributed by atoms with Gasteiger partial charge in [-0.05, 0) is 72.0 Å². The number of hydrogen-bond acceptors (Lipinski definition) is 3. The zero-order valence-corrected chi connectivity index (χ0v) is 17.5. The fraction of sp³-hybridized carbons (Fsp3) is 0.286. The molecule has 0 aliphatic heterocycles.